The molecule has 0 saturated heterocycles. The highest BCUT2D eigenvalue weighted by molar-refractivity contribution is 6.30. The van der Waals surface area contributed by atoms with Crippen molar-refractivity contribution in [2.24, 2.45) is 5.73 Å². The molecule has 0 radical (unpaired) electrons. The molecular formula is C15H14ClNO2. The molecule has 4 heteroatoms. The first-order chi connectivity index (χ1) is 9.20. The third-order valence-corrected chi connectivity index (χ3v) is 2.93. The lowest BCUT2D eigenvalue weighted by Gasteiger charge is -2.10. The van der Waals surface area contributed by atoms with Gasteiger partial charge in [0.1, 0.15) is 12.4 Å². The van der Waals surface area contributed by atoms with E-state index < -0.39 is 0 Å². The molecule has 0 heterocycles. The number of carbonyl (C=O) groups is 1. The van der Waals surface area contributed by atoms with Crippen LogP contribution in [0.15, 0.2) is 48.5 Å². The lowest BCUT2D eigenvalue weighted by Crippen LogP contribution is -2.14. The lowest BCUT2D eigenvalue weighted by molar-refractivity contribution is 0.0997. The second kappa shape index (κ2) is 6.36. The van der Waals surface area contributed by atoms with E-state index in [9.17, 15) is 4.79 Å². The first-order valence-corrected chi connectivity index (χ1v) is 6.28. The van der Waals surface area contributed by atoms with Crippen LogP contribution in [0.4, 0.5) is 0 Å². The van der Waals surface area contributed by atoms with Crippen molar-refractivity contribution < 1.29 is 9.53 Å². The quantitative estimate of drug-likeness (QED) is 0.853. The Labute approximate surface area is 117 Å². The number of para-hydroxylation sites is 1. The maximum atomic E-state index is 11.7. The highest BCUT2D eigenvalue weighted by atomic mass is 35.5. The third-order valence-electron chi connectivity index (χ3n) is 2.68. The molecule has 0 amide bonds. The Balaban J connectivity index is 2.11. The van der Waals surface area contributed by atoms with E-state index in [0.717, 1.165) is 5.56 Å². The van der Waals surface area contributed by atoms with Crippen LogP contribution in [-0.4, -0.2) is 12.3 Å². The van der Waals surface area contributed by atoms with E-state index in [1.165, 1.54) is 0 Å². The summed E-state index contributed by atoms with van der Waals surface area (Å²) in [6.07, 6.45) is 0. The van der Waals surface area contributed by atoms with Gasteiger partial charge in [0.25, 0.3) is 0 Å². The molecule has 0 aliphatic heterocycles. The summed E-state index contributed by atoms with van der Waals surface area (Å²) in [4.78, 5) is 11.7. The number of ether oxygens (including phenoxy) is 1. The number of hydrogen-bond donors (Lipinski definition) is 1. The van der Waals surface area contributed by atoms with Crippen LogP contribution in [0.3, 0.4) is 0 Å². The number of Topliss-reactive ketones (excluding diaryl/α,β-unsaturated/α-hetero) is 1. The topological polar surface area (TPSA) is 52.3 Å². The van der Waals surface area contributed by atoms with E-state index in [0.29, 0.717) is 22.9 Å². The summed E-state index contributed by atoms with van der Waals surface area (Å²) >= 11 is 5.82. The SMILES string of the molecule is NCC(=O)c1ccccc1OCc1ccc(Cl)cc1. The average Bonchev–Trinajstić information content (AvgIpc) is 2.46. The van der Waals surface area contributed by atoms with Gasteiger partial charge in [-0.15, -0.1) is 0 Å². The van der Waals surface area contributed by atoms with E-state index >= 15 is 0 Å². The van der Waals surface area contributed by atoms with Crippen LogP contribution in [0, 0.1) is 0 Å². The van der Waals surface area contributed by atoms with Crippen LogP contribution in [-0.2, 0) is 6.61 Å². The van der Waals surface area contributed by atoms with Crippen molar-refractivity contribution in [2.45, 2.75) is 6.61 Å². The molecule has 2 rings (SSSR count). The van der Waals surface area contributed by atoms with Gasteiger partial charge in [-0.3, -0.25) is 4.79 Å². The summed E-state index contributed by atoms with van der Waals surface area (Å²) in [5.41, 5.74) is 6.88. The summed E-state index contributed by atoms with van der Waals surface area (Å²) in [7, 11) is 0. The van der Waals surface area contributed by atoms with Crippen LogP contribution in [0.2, 0.25) is 5.02 Å². The van der Waals surface area contributed by atoms with Gasteiger partial charge in [0.05, 0.1) is 12.1 Å². The number of halogens is 1. The Bertz CT molecular complexity index is 567. The second-order valence-electron chi connectivity index (χ2n) is 4.04. The van der Waals surface area contributed by atoms with E-state index in [2.05, 4.69) is 0 Å². The van der Waals surface area contributed by atoms with E-state index in [4.69, 9.17) is 22.1 Å². The summed E-state index contributed by atoms with van der Waals surface area (Å²) in [5.74, 6) is 0.416. The van der Waals surface area contributed by atoms with Crippen molar-refractivity contribution in [2.75, 3.05) is 6.54 Å². The number of rotatable bonds is 5. The Kier molecular flexibility index (Phi) is 4.55. The molecule has 0 aliphatic rings. The minimum atomic E-state index is -0.133. The Morgan fingerprint density at radius 3 is 2.47 bits per heavy atom. The molecular weight excluding hydrogens is 262 g/mol. The molecule has 0 unspecified atom stereocenters. The molecule has 98 valence electrons. The molecule has 0 spiro atoms. The number of nitrogens with two attached hydrogens (primary N) is 1. The van der Waals surface area contributed by atoms with Crippen LogP contribution in [0.1, 0.15) is 15.9 Å². The lowest BCUT2D eigenvalue weighted by atomic mass is 10.1. The van der Waals surface area contributed by atoms with Crippen LogP contribution >= 0.6 is 11.6 Å². The molecule has 0 saturated carbocycles. The highest BCUT2D eigenvalue weighted by Crippen LogP contribution is 2.20. The number of hydrogen-bond acceptors (Lipinski definition) is 3. The summed E-state index contributed by atoms with van der Waals surface area (Å²) in [5, 5.41) is 0.683. The minimum absolute atomic E-state index is 0.0265. The molecule has 0 bridgehead atoms. The van der Waals surface area contributed by atoms with Gasteiger partial charge in [0.2, 0.25) is 0 Å². The van der Waals surface area contributed by atoms with Crippen molar-refractivity contribution in [3.05, 3.63) is 64.7 Å². The maximum absolute atomic E-state index is 11.7. The normalized spacial score (nSPS) is 10.2. The summed E-state index contributed by atoms with van der Waals surface area (Å²) in [6, 6.07) is 14.5. The van der Waals surface area contributed by atoms with Gasteiger partial charge in [-0.2, -0.15) is 0 Å². The summed E-state index contributed by atoms with van der Waals surface area (Å²) < 4.78 is 5.67. The average molecular weight is 276 g/mol. The fourth-order valence-electron chi connectivity index (χ4n) is 1.67. The van der Waals surface area contributed by atoms with Gasteiger partial charge >= 0.3 is 0 Å². The van der Waals surface area contributed by atoms with E-state index in [-0.39, 0.29) is 12.3 Å². The van der Waals surface area contributed by atoms with Crippen LogP contribution in [0.25, 0.3) is 0 Å². The fourth-order valence-corrected chi connectivity index (χ4v) is 1.80. The molecule has 19 heavy (non-hydrogen) atoms. The van der Waals surface area contributed by atoms with Crippen molar-refractivity contribution in [1.82, 2.24) is 0 Å². The predicted octanol–water partition coefficient (Wildman–Crippen LogP) is 3.06. The molecule has 2 aromatic rings. The molecule has 2 aromatic carbocycles. The number of ketones is 1. The molecule has 0 fully saturated rings. The Hall–Kier alpha value is -1.84. The molecule has 0 atom stereocenters. The van der Waals surface area contributed by atoms with E-state index in [1.807, 2.05) is 18.2 Å². The van der Waals surface area contributed by atoms with Crippen molar-refractivity contribution in [3.63, 3.8) is 0 Å². The van der Waals surface area contributed by atoms with Gasteiger partial charge in [0.15, 0.2) is 5.78 Å². The van der Waals surface area contributed by atoms with Gasteiger partial charge in [-0.25, -0.2) is 0 Å². The van der Waals surface area contributed by atoms with Crippen molar-refractivity contribution in [1.29, 1.82) is 0 Å². The molecule has 3 nitrogen and oxygen atoms in total. The maximum Gasteiger partial charge on any atom is 0.180 e. The van der Waals surface area contributed by atoms with Crippen LogP contribution in [0.5, 0.6) is 5.75 Å². The van der Waals surface area contributed by atoms with Gasteiger partial charge in [-0.05, 0) is 29.8 Å². The molecule has 0 aliphatic carbocycles. The zero-order chi connectivity index (χ0) is 13.7. The number of carbonyl (C=O) groups excluding carboxylic acids is 1. The predicted molar refractivity (Wildman–Crippen MR) is 75.6 cm³/mol. The smallest absolute Gasteiger partial charge is 0.180 e. The van der Waals surface area contributed by atoms with Gasteiger partial charge < -0.3 is 10.5 Å². The largest absolute Gasteiger partial charge is 0.488 e. The minimum Gasteiger partial charge on any atom is -0.488 e. The van der Waals surface area contributed by atoms with Gasteiger partial charge in [0, 0.05) is 5.02 Å². The molecule has 0 aromatic heterocycles. The highest BCUT2D eigenvalue weighted by Gasteiger charge is 2.10. The first kappa shape index (κ1) is 13.6. The third kappa shape index (κ3) is 3.56. The fraction of sp³-hybridized carbons (Fsp3) is 0.133. The Morgan fingerprint density at radius 2 is 1.79 bits per heavy atom. The van der Waals surface area contributed by atoms with Crippen molar-refractivity contribution in [3.8, 4) is 5.75 Å². The first-order valence-electron chi connectivity index (χ1n) is 5.90. The van der Waals surface area contributed by atoms with E-state index in [1.54, 1.807) is 30.3 Å². The standard InChI is InChI=1S/C15H14ClNO2/c16-12-7-5-11(6-8-12)10-19-15-4-2-1-3-13(15)14(18)9-17/h1-8H,9-10,17H2. The van der Waals surface area contributed by atoms with Crippen LogP contribution < -0.4 is 10.5 Å². The Morgan fingerprint density at radius 1 is 1.11 bits per heavy atom. The van der Waals surface area contributed by atoms with Crippen molar-refractivity contribution >= 4 is 17.4 Å². The van der Waals surface area contributed by atoms with Gasteiger partial charge in [-0.1, -0.05) is 35.9 Å². The zero-order valence-electron chi connectivity index (χ0n) is 10.3. The zero-order valence-corrected chi connectivity index (χ0v) is 11.1. The number of benzene rings is 2. The monoisotopic (exact) mass is 275 g/mol. The summed E-state index contributed by atoms with van der Waals surface area (Å²) in [6.45, 7) is 0.355. The molecule has 2 N–H and O–H groups in total. The second-order valence-corrected chi connectivity index (χ2v) is 4.48.